The van der Waals surface area contributed by atoms with Crippen LogP contribution in [0.5, 0.6) is 0 Å². The molecule has 4 N–H and O–H groups in total. The van der Waals surface area contributed by atoms with Gasteiger partial charge >= 0.3 is 6.03 Å². The van der Waals surface area contributed by atoms with E-state index in [1.807, 2.05) is 41.2 Å². The van der Waals surface area contributed by atoms with Gasteiger partial charge in [0.25, 0.3) is 0 Å². The standard InChI is InChI=1S/C14H19N5O/c1-11(16-8-10-19-9-2-7-17-19)12-3-5-13(6-4-12)18-14(15)20/h2-7,9,11,16H,8,10H2,1H3,(H3,15,18,20). The van der Waals surface area contributed by atoms with Gasteiger partial charge in [0.2, 0.25) is 0 Å². The molecule has 1 aromatic carbocycles. The molecule has 1 aromatic heterocycles. The van der Waals surface area contributed by atoms with Gasteiger partial charge < -0.3 is 16.4 Å². The highest BCUT2D eigenvalue weighted by Crippen LogP contribution is 2.15. The molecule has 1 unspecified atom stereocenters. The van der Waals surface area contributed by atoms with Crippen molar-refractivity contribution in [3.8, 4) is 0 Å². The Balaban J connectivity index is 1.82. The van der Waals surface area contributed by atoms with Crippen LogP contribution < -0.4 is 16.4 Å². The van der Waals surface area contributed by atoms with Gasteiger partial charge in [-0.3, -0.25) is 4.68 Å². The zero-order chi connectivity index (χ0) is 14.4. The van der Waals surface area contributed by atoms with Gasteiger partial charge in [-0.15, -0.1) is 0 Å². The number of anilines is 1. The molecule has 0 aliphatic heterocycles. The molecule has 0 fully saturated rings. The first-order valence-electron chi connectivity index (χ1n) is 6.52. The number of carbonyl (C=O) groups excluding carboxylic acids is 1. The van der Waals surface area contributed by atoms with Crippen molar-refractivity contribution in [1.82, 2.24) is 15.1 Å². The number of hydrogen-bond donors (Lipinski definition) is 3. The predicted octanol–water partition coefficient (Wildman–Crippen LogP) is 1.72. The Labute approximate surface area is 118 Å². The Kier molecular flexibility index (Phi) is 4.73. The van der Waals surface area contributed by atoms with Gasteiger partial charge in [0, 0.05) is 30.7 Å². The third kappa shape index (κ3) is 4.10. The van der Waals surface area contributed by atoms with Crippen molar-refractivity contribution >= 4 is 11.7 Å². The fourth-order valence-corrected chi connectivity index (χ4v) is 1.94. The summed E-state index contributed by atoms with van der Waals surface area (Å²) >= 11 is 0. The lowest BCUT2D eigenvalue weighted by Crippen LogP contribution is -2.23. The molecule has 1 heterocycles. The highest BCUT2D eigenvalue weighted by Gasteiger charge is 2.05. The minimum absolute atomic E-state index is 0.230. The van der Waals surface area contributed by atoms with E-state index in [4.69, 9.17) is 5.73 Å². The van der Waals surface area contributed by atoms with Gasteiger partial charge in [0.15, 0.2) is 0 Å². The fraction of sp³-hybridized carbons (Fsp3) is 0.286. The maximum atomic E-state index is 10.7. The monoisotopic (exact) mass is 273 g/mol. The minimum atomic E-state index is -0.553. The van der Waals surface area contributed by atoms with Crippen molar-refractivity contribution < 1.29 is 4.79 Å². The Morgan fingerprint density at radius 1 is 1.40 bits per heavy atom. The molecular formula is C14H19N5O. The van der Waals surface area contributed by atoms with Gasteiger partial charge in [-0.2, -0.15) is 5.10 Å². The van der Waals surface area contributed by atoms with Gasteiger partial charge in [-0.1, -0.05) is 12.1 Å². The first-order valence-corrected chi connectivity index (χ1v) is 6.52. The van der Waals surface area contributed by atoms with E-state index in [1.54, 1.807) is 6.20 Å². The lowest BCUT2D eigenvalue weighted by Gasteiger charge is -2.15. The van der Waals surface area contributed by atoms with Crippen molar-refractivity contribution in [2.45, 2.75) is 19.5 Å². The largest absolute Gasteiger partial charge is 0.351 e. The maximum Gasteiger partial charge on any atom is 0.316 e. The summed E-state index contributed by atoms with van der Waals surface area (Å²) in [4.78, 5) is 10.7. The van der Waals surface area contributed by atoms with E-state index in [1.165, 1.54) is 0 Å². The van der Waals surface area contributed by atoms with Crippen LogP contribution in [0.1, 0.15) is 18.5 Å². The van der Waals surface area contributed by atoms with E-state index in [9.17, 15) is 4.79 Å². The summed E-state index contributed by atoms with van der Waals surface area (Å²) in [6, 6.07) is 9.20. The lowest BCUT2D eigenvalue weighted by atomic mass is 10.1. The van der Waals surface area contributed by atoms with Gasteiger partial charge in [-0.05, 0) is 30.7 Å². The van der Waals surface area contributed by atoms with Crippen LogP contribution in [0.2, 0.25) is 0 Å². The van der Waals surface area contributed by atoms with Crippen LogP contribution >= 0.6 is 0 Å². The third-order valence-electron chi connectivity index (χ3n) is 3.03. The number of amides is 2. The Hall–Kier alpha value is -2.34. The van der Waals surface area contributed by atoms with E-state index in [2.05, 4.69) is 22.7 Å². The zero-order valence-corrected chi connectivity index (χ0v) is 11.4. The number of rotatable bonds is 6. The number of nitrogens with one attached hydrogen (secondary N) is 2. The Bertz CT molecular complexity index is 535. The molecule has 2 rings (SSSR count). The van der Waals surface area contributed by atoms with Gasteiger partial charge in [-0.25, -0.2) is 4.79 Å². The normalized spacial score (nSPS) is 12.1. The Morgan fingerprint density at radius 2 is 2.15 bits per heavy atom. The van der Waals surface area contributed by atoms with E-state index in [-0.39, 0.29) is 6.04 Å². The maximum absolute atomic E-state index is 10.7. The highest BCUT2D eigenvalue weighted by atomic mass is 16.2. The SMILES string of the molecule is CC(NCCn1cccn1)c1ccc(NC(N)=O)cc1. The molecule has 0 radical (unpaired) electrons. The summed E-state index contributed by atoms with van der Waals surface area (Å²) in [6.45, 7) is 3.77. The zero-order valence-electron chi connectivity index (χ0n) is 11.4. The molecule has 0 spiro atoms. The van der Waals surface area contributed by atoms with E-state index >= 15 is 0 Å². The number of hydrogen-bond acceptors (Lipinski definition) is 3. The summed E-state index contributed by atoms with van der Waals surface area (Å²) in [5.41, 5.74) is 6.92. The van der Waals surface area contributed by atoms with Gasteiger partial charge in [0.1, 0.15) is 0 Å². The molecule has 2 amide bonds. The van der Waals surface area contributed by atoms with Crippen LogP contribution in [0.15, 0.2) is 42.7 Å². The van der Waals surface area contributed by atoms with Crippen LogP contribution in [0, 0.1) is 0 Å². The quantitative estimate of drug-likeness (QED) is 0.749. The molecular weight excluding hydrogens is 254 g/mol. The Morgan fingerprint density at radius 3 is 2.75 bits per heavy atom. The smallest absolute Gasteiger partial charge is 0.316 e. The third-order valence-corrected chi connectivity index (χ3v) is 3.03. The first kappa shape index (κ1) is 14.1. The number of nitrogens with two attached hydrogens (primary N) is 1. The van der Waals surface area contributed by atoms with Crippen molar-refractivity contribution in [2.24, 2.45) is 5.73 Å². The minimum Gasteiger partial charge on any atom is -0.351 e. The summed E-state index contributed by atoms with van der Waals surface area (Å²) in [6.07, 6.45) is 3.71. The second-order valence-corrected chi connectivity index (χ2v) is 4.56. The van der Waals surface area contributed by atoms with Crippen LogP contribution in [0.25, 0.3) is 0 Å². The number of benzene rings is 1. The summed E-state index contributed by atoms with van der Waals surface area (Å²) < 4.78 is 1.89. The molecule has 106 valence electrons. The topological polar surface area (TPSA) is 85.0 Å². The summed E-state index contributed by atoms with van der Waals surface area (Å²) in [5, 5.41) is 10.1. The van der Waals surface area contributed by atoms with Crippen molar-refractivity contribution in [3.05, 3.63) is 48.3 Å². The predicted molar refractivity (Wildman–Crippen MR) is 78.3 cm³/mol. The average molecular weight is 273 g/mol. The van der Waals surface area contributed by atoms with E-state index < -0.39 is 6.03 Å². The molecule has 1 atom stereocenters. The number of primary amides is 1. The van der Waals surface area contributed by atoms with Gasteiger partial charge in [0.05, 0.1) is 6.54 Å². The fourth-order valence-electron chi connectivity index (χ4n) is 1.94. The molecule has 0 saturated carbocycles. The van der Waals surface area contributed by atoms with Crippen LogP contribution in [-0.4, -0.2) is 22.4 Å². The molecule has 6 nitrogen and oxygen atoms in total. The number of nitrogens with zero attached hydrogens (tertiary/aromatic N) is 2. The molecule has 2 aromatic rings. The second kappa shape index (κ2) is 6.72. The van der Waals surface area contributed by atoms with Crippen molar-refractivity contribution in [1.29, 1.82) is 0 Å². The molecule has 0 saturated heterocycles. The van der Waals surface area contributed by atoms with Crippen LogP contribution in [0.4, 0.5) is 10.5 Å². The number of carbonyl (C=O) groups is 1. The molecule has 0 aliphatic carbocycles. The first-order chi connectivity index (χ1) is 9.65. The highest BCUT2D eigenvalue weighted by molar-refractivity contribution is 5.87. The summed E-state index contributed by atoms with van der Waals surface area (Å²) in [5.74, 6) is 0. The van der Waals surface area contributed by atoms with E-state index in [0.717, 1.165) is 18.7 Å². The molecule has 0 bridgehead atoms. The van der Waals surface area contributed by atoms with Crippen molar-refractivity contribution in [2.75, 3.05) is 11.9 Å². The molecule has 20 heavy (non-hydrogen) atoms. The van der Waals surface area contributed by atoms with Crippen LogP contribution in [-0.2, 0) is 6.54 Å². The second-order valence-electron chi connectivity index (χ2n) is 4.56. The van der Waals surface area contributed by atoms with Crippen molar-refractivity contribution in [3.63, 3.8) is 0 Å². The van der Waals surface area contributed by atoms with E-state index in [0.29, 0.717) is 5.69 Å². The molecule has 0 aliphatic rings. The van der Waals surface area contributed by atoms with Crippen LogP contribution in [0.3, 0.4) is 0 Å². The lowest BCUT2D eigenvalue weighted by molar-refractivity contribution is 0.259. The summed E-state index contributed by atoms with van der Waals surface area (Å²) in [7, 11) is 0. The number of urea groups is 1. The number of aromatic nitrogens is 2. The molecule has 6 heteroatoms. The average Bonchev–Trinajstić information content (AvgIpc) is 2.92.